The van der Waals surface area contributed by atoms with Crippen molar-refractivity contribution in [1.29, 1.82) is 0 Å². The summed E-state index contributed by atoms with van der Waals surface area (Å²) in [6.45, 7) is 3.63. The van der Waals surface area contributed by atoms with E-state index in [-0.39, 0.29) is 29.8 Å². The van der Waals surface area contributed by atoms with Gasteiger partial charge >= 0.3 is 6.18 Å². The maximum absolute atomic E-state index is 13.6. The molecule has 1 amide bonds. The first kappa shape index (κ1) is 25.1. The Hall–Kier alpha value is -2.99. The molecule has 1 aliphatic carbocycles. The number of nitrogens with two attached hydrogens (primary N) is 1. The Morgan fingerprint density at radius 3 is 2.54 bits per heavy atom. The van der Waals surface area contributed by atoms with Crippen LogP contribution in [-0.2, 0) is 23.9 Å². The molecule has 9 nitrogen and oxygen atoms in total. The van der Waals surface area contributed by atoms with Gasteiger partial charge in [-0.25, -0.2) is 9.97 Å². The van der Waals surface area contributed by atoms with E-state index in [1.807, 2.05) is 0 Å². The van der Waals surface area contributed by atoms with Gasteiger partial charge < -0.3 is 26.4 Å². The van der Waals surface area contributed by atoms with Gasteiger partial charge in [-0.15, -0.1) is 0 Å². The molecule has 190 valence electrons. The summed E-state index contributed by atoms with van der Waals surface area (Å²) in [5, 5.41) is 15.8. The summed E-state index contributed by atoms with van der Waals surface area (Å²) in [6.07, 6.45) is -0.514. The van der Waals surface area contributed by atoms with Crippen LogP contribution >= 0.6 is 0 Å². The molecule has 0 spiro atoms. The SMILES string of the molecule is CC(C)(O)C(=O)N1CCc2nc(Nc3ncc(C(F)(F)F)c(NC4CCC(N)CC4)n3)ccc2C1. The Balaban J connectivity index is 1.51. The lowest BCUT2D eigenvalue weighted by Crippen LogP contribution is -2.47. The second kappa shape index (κ2) is 9.57. The third-order valence-electron chi connectivity index (χ3n) is 6.31. The van der Waals surface area contributed by atoms with Crippen molar-refractivity contribution in [3.63, 3.8) is 0 Å². The lowest BCUT2D eigenvalue weighted by Gasteiger charge is -2.32. The number of carbonyl (C=O) groups is 1. The van der Waals surface area contributed by atoms with Crippen LogP contribution in [0.5, 0.6) is 0 Å². The van der Waals surface area contributed by atoms with Gasteiger partial charge in [0, 0.05) is 43.5 Å². The first-order valence-corrected chi connectivity index (χ1v) is 11.6. The number of nitrogens with zero attached hydrogens (tertiary/aromatic N) is 4. The van der Waals surface area contributed by atoms with Crippen LogP contribution in [0.2, 0.25) is 0 Å². The van der Waals surface area contributed by atoms with Gasteiger partial charge in [0.05, 0.1) is 0 Å². The number of carbonyl (C=O) groups excluding carboxylic acids is 1. The van der Waals surface area contributed by atoms with Crippen molar-refractivity contribution in [3.8, 4) is 0 Å². The highest BCUT2D eigenvalue weighted by Crippen LogP contribution is 2.35. The fraction of sp³-hybridized carbons (Fsp3) is 0.565. The lowest BCUT2D eigenvalue weighted by atomic mass is 9.92. The molecule has 0 unspecified atom stereocenters. The highest BCUT2D eigenvalue weighted by atomic mass is 19.4. The average molecular weight is 494 g/mol. The zero-order valence-corrected chi connectivity index (χ0v) is 19.7. The van der Waals surface area contributed by atoms with Gasteiger partial charge in [0.1, 0.15) is 22.8 Å². The Morgan fingerprint density at radius 1 is 1.17 bits per heavy atom. The molecule has 2 aromatic heterocycles. The van der Waals surface area contributed by atoms with Gasteiger partial charge in [-0.05, 0) is 51.2 Å². The number of pyridine rings is 1. The average Bonchev–Trinajstić information content (AvgIpc) is 2.78. The Bertz CT molecular complexity index is 1080. The molecule has 4 rings (SSSR count). The summed E-state index contributed by atoms with van der Waals surface area (Å²) in [6, 6.07) is 3.39. The second-order valence-electron chi connectivity index (χ2n) is 9.67. The molecule has 0 bridgehead atoms. The molecule has 12 heteroatoms. The minimum absolute atomic E-state index is 0.00453. The number of anilines is 3. The van der Waals surface area contributed by atoms with Crippen LogP contribution < -0.4 is 16.4 Å². The number of aromatic nitrogens is 3. The third-order valence-corrected chi connectivity index (χ3v) is 6.31. The van der Waals surface area contributed by atoms with Crippen LogP contribution in [0.1, 0.15) is 56.4 Å². The van der Waals surface area contributed by atoms with E-state index in [4.69, 9.17) is 5.73 Å². The first-order valence-electron chi connectivity index (χ1n) is 11.6. The molecular formula is C23H30F3N7O2. The molecule has 0 saturated heterocycles. The zero-order valence-electron chi connectivity index (χ0n) is 19.7. The number of hydrogen-bond donors (Lipinski definition) is 4. The predicted octanol–water partition coefficient (Wildman–Crippen LogP) is 2.97. The number of hydrogen-bond acceptors (Lipinski definition) is 8. The molecule has 1 fully saturated rings. The van der Waals surface area contributed by atoms with Crippen molar-refractivity contribution in [2.24, 2.45) is 5.73 Å². The van der Waals surface area contributed by atoms with Crippen LogP contribution in [0.25, 0.3) is 0 Å². The molecule has 1 saturated carbocycles. The molecule has 35 heavy (non-hydrogen) atoms. The normalized spacial score (nSPS) is 20.8. The summed E-state index contributed by atoms with van der Waals surface area (Å²) in [4.78, 5) is 26.5. The van der Waals surface area contributed by atoms with Gasteiger partial charge in [-0.1, -0.05) is 6.07 Å². The summed E-state index contributed by atoms with van der Waals surface area (Å²) < 4.78 is 40.7. The van der Waals surface area contributed by atoms with Crippen LogP contribution in [-0.4, -0.2) is 55.1 Å². The first-order chi connectivity index (χ1) is 16.4. The molecule has 0 atom stereocenters. The molecule has 2 aromatic rings. The van der Waals surface area contributed by atoms with E-state index < -0.39 is 17.3 Å². The van der Waals surface area contributed by atoms with E-state index in [1.165, 1.54) is 13.8 Å². The fourth-order valence-electron chi connectivity index (χ4n) is 4.38. The standard InChI is InChI=1S/C23H30F3N7O2/c1-22(2,35)20(34)33-10-9-17-13(12-33)3-8-18(30-17)31-21-28-11-16(23(24,25)26)19(32-21)29-15-6-4-14(27)5-7-15/h3,8,11,14-15,35H,4-7,9-10,12,27H2,1-2H3,(H2,28,29,30,31,32). The highest BCUT2D eigenvalue weighted by molar-refractivity contribution is 5.84. The van der Waals surface area contributed by atoms with Crippen LogP contribution in [0.4, 0.5) is 30.8 Å². The number of aliphatic hydroxyl groups is 1. The molecule has 1 aliphatic heterocycles. The van der Waals surface area contributed by atoms with Crippen LogP contribution in [0.15, 0.2) is 18.3 Å². The molecule has 2 aliphatic rings. The van der Waals surface area contributed by atoms with Crippen LogP contribution in [0, 0.1) is 0 Å². The molecule has 0 radical (unpaired) electrons. The van der Waals surface area contributed by atoms with Gasteiger partial charge in [0.25, 0.3) is 5.91 Å². The molecular weight excluding hydrogens is 463 g/mol. The quantitative estimate of drug-likeness (QED) is 0.500. The van der Waals surface area contributed by atoms with Crippen molar-refractivity contribution < 1.29 is 23.1 Å². The van der Waals surface area contributed by atoms with Crippen molar-refractivity contribution in [3.05, 3.63) is 35.2 Å². The highest BCUT2D eigenvalue weighted by Gasteiger charge is 2.36. The number of alkyl halides is 3. The second-order valence-corrected chi connectivity index (χ2v) is 9.67. The zero-order chi connectivity index (χ0) is 25.4. The van der Waals surface area contributed by atoms with E-state index in [0.717, 1.165) is 30.3 Å². The van der Waals surface area contributed by atoms with E-state index in [9.17, 15) is 23.1 Å². The molecule has 3 heterocycles. The van der Waals surface area contributed by atoms with E-state index in [1.54, 1.807) is 17.0 Å². The maximum atomic E-state index is 13.6. The van der Waals surface area contributed by atoms with E-state index >= 15 is 0 Å². The maximum Gasteiger partial charge on any atom is 0.421 e. The molecule has 5 N–H and O–H groups in total. The van der Waals surface area contributed by atoms with Crippen molar-refractivity contribution in [1.82, 2.24) is 19.9 Å². The topological polar surface area (TPSA) is 129 Å². The van der Waals surface area contributed by atoms with E-state index in [2.05, 4.69) is 25.6 Å². The van der Waals surface area contributed by atoms with Crippen LogP contribution in [0.3, 0.4) is 0 Å². The fourth-order valence-corrected chi connectivity index (χ4v) is 4.38. The largest absolute Gasteiger partial charge is 0.421 e. The minimum atomic E-state index is -4.59. The number of rotatable bonds is 5. The Labute approximate surface area is 201 Å². The van der Waals surface area contributed by atoms with Gasteiger partial charge in [-0.3, -0.25) is 4.79 Å². The molecule has 0 aromatic carbocycles. The van der Waals surface area contributed by atoms with E-state index in [0.29, 0.717) is 38.2 Å². The number of fused-ring (bicyclic) bond motifs is 1. The summed E-state index contributed by atoms with van der Waals surface area (Å²) in [5.41, 5.74) is 5.13. The Morgan fingerprint density at radius 2 is 1.89 bits per heavy atom. The Kier molecular flexibility index (Phi) is 6.87. The van der Waals surface area contributed by atoms with Crippen molar-refractivity contribution in [2.45, 2.75) is 76.4 Å². The number of halogens is 3. The summed E-state index contributed by atoms with van der Waals surface area (Å²) >= 11 is 0. The lowest BCUT2D eigenvalue weighted by molar-refractivity contribution is -0.148. The monoisotopic (exact) mass is 493 g/mol. The summed E-state index contributed by atoms with van der Waals surface area (Å²) in [5.74, 6) is -0.242. The number of amides is 1. The number of nitrogens with one attached hydrogen (secondary N) is 2. The van der Waals surface area contributed by atoms with Gasteiger partial charge in [0.2, 0.25) is 5.95 Å². The minimum Gasteiger partial charge on any atom is -0.381 e. The van der Waals surface area contributed by atoms with Crippen molar-refractivity contribution >= 4 is 23.5 Å². The smallest absolute Gasteiger partial charge is 0.381 e. The predicted molar refractivity (Wildman–Crippen MR) is 124 cm³/mol. The van der Waals surface area contributed by atoms with Gasteiger partial charge in [-0.2, -0.15) is 18.2 Å². The third kappa shape index (κ3) is 5.99. The summed E-state index contributed by atoms with van der Waals surface area (Å²) in [7, 11) is 0. The van der Waals surface area contributed by atoms with Gasteiger partial charge in [0.15, 0.2) is 0 Å². The van der Waals surface area contributed by atoms with Crippen molar-refractivity contribution in [2.75, 3.05) is 17.2 Å².